The first-order chi connectivity index (χ1) is 18.7. The van der Waals surface area contributed by atoms with Gasteiger partial charge in [0.25, 0.3) is 0 Å². The van der Waals surface area contributed by atoms with Crippen LogP contribution in [0.5, 0.6) is 0 Å². The Morgan fingerprint density at radius 2 is 0.974 bits per heavy atom. The van der Waals surface area contributed by atoms with Crippen LogP contribution in [0.3, 0.4) is 0 Å². The fourth-order valence-corrected chi connectivity index (χ4v) is 4.27. The second-order valence-corrected chi connectivity index (χ2v) is 8.95. The molecule has 0 saturated heterocycles. The summed E-state index contributed by atoms with van der Waals surface area (Å²) in [6, 6.07) is 30.8. The molecule has 0 aliphatic carbocycles. The van der Waals surface area contributed by atoms with E-state index in [2.05, 4.69) is 20.2 Å². The van der Waals surface area contributed by atoms with Gasteiger partial charge in [-0.2, -0.15) is 10.2 Å². The van der Waals surface area contributed by atoms with Gasteiger partial charge in [-0.3, -0.25) is 24.1 Å². The molecule has 6 aromatic rings. The van der Waals surface area contributed by atoms with Crippen LogP contribution < -0.4 is 0 Å². The molecule has 0 aliphatic rings. The zero-order chi connectivity index (χ0) is 25.7. The van der Waals surface area contributed by atoms with E-state index >= 15 is 0 Å². The maximum atomic E-state index is 13.1. The molecule has 7 heteroatoms. The predicted molar refractivity (Wildman–Crippen MR) is 145 cm³/mol. The van der Waals surface area contributed by atoms with E-state index in [0.29, 0.717) is 24.2 Å². The molecule has 4 aromatic heterocycles. The number of hydrogen-bond donors (Lipinski definition) is 0. The number of pyridine rings is 2. The summed E-state index contributed by atoms with van der Waals surface area (Å²) in [6.07, 6.45) is 7.40. The summed E-state index contributed by atoms with van der Waals surface area (Å²) in [5.74, 6) is -0.00356. The van der Waals surface area contributed by atoms with Crippen molar-refractivity contribution in [3.05, 3.63) is 144 Å². The SMILES string of the molecule is O=C(c1ccc(Cn2ccc(-c3ccccn3)n2)cc1)c1ccc(Cn2ccc(-c3ccccn3)n2)cc1. The number of carbonyl (C=O) groups excluding carboxylic acids is 1. The van der Waals surface area contributed by atoms with E-state index < -0.39 is 0 Å². The van der Waals surface area contributed by atoms with Crippen LogP contribution in [-0.4, -0.2) is 35.3 Å². The lowest BCUT2D eigenvalue weighted by Crippen LogP contribution is -2.05. The molecule has 38 heavy (non-hydrogen) atoms. The minimum atomic E-state index is -0.00356. The Balaban J connectivity index is 1.08. The van der Waals surface area contributed by atoms with Crippen molar-refractivity contribution in [1.29, 1.82) is 0 Å². The van der Waals surface area contributed by atoms with E-state index in [9.17, 15) is 4.79 Å². The van der Waals surface area contributed by atoms with Gasteiger partial charge in [0.15, 0.2) is 5.78 Å². The molecule has 0 N–H and O–H groups in total. The number of hydrogen-bond acceptors (Lipinski definition) is 5. The first-order valence-electron chi connectivity index (χ1n) is 12.3. The molecule has 7 nitrogen and oxygen atoms in total. The molecule has 0 fully saturated rings. The highest BCUT2D eigenvalue weighted by atomic mass is 16.1. The average molecular weight is 497 g/mol. The largest absolute Gasteiger partial charge is 0.289 e. The lowest BCUT2D eigenvalue weighted by molar-refractivity contribution is 0.103. The van der Waals surface area contributed by atoms with Crippen molar-refractivity contribution in [3.8, 4) is 22.8 Å². The Bertz CT molecular complexity index is 1530. The van der Waals surface area contributed by atoms with Crippen molar-refractivity contribution in [2.45, 2.75) is 13.1 Å². The minimum absolute atomic E-state index is 0.00356. The van der Waals surface area contributed by atoms with E-state index in [1.54, 1.807) is 12.4 Å². The van der Waals surface area contributed by atoms with Gasteiger partial charge < -0.3 is 0 Å². The monoisotopic (exact) mass is 496 g/mol. The number of ketones is 1. The van der Waals surface area contributed by atoms with Crippen LogP contribution in [-0.2, 0) is 13.1 Å². The van der Waals surface area contributed by atoms with E-state index in [1.807, 2.05) is 119 Å². The van der Waals surface area contributed by atoms with Gasteiger partial charge in [0.2, 0.25) is 0 Å². The molecule has 4 heterocycles. The number of carbonyl (C=O) groups is 1. The highest BCUT2D eigenvalue weighted by Crippen LogP contribution is 2.17. The lowest BCUT2D eigenvalue weighted by atomic mass is 10.0. The molecular weight excluding hydrogens is 472 g/mol. The molecule has 0 radical (unpaired) electrons. The third-order valence-corrected chi connectivity index (χ3v) is 6.26. The van der Waals surface area contributed by atoms with Gasteiger partial charge in [-0.1, -0.05) is 60.7 Å². The highest BCUT2D eigenvalue weighted by molar-refractivity contribution is 6.09. The van der Waals surface area contributed by atoms with Crippen LogP contribution in [0.15, 0.2) is 122 Å². The van der Waals surface area contributed by atoms with Crippen molar-refractivity contribution >= 4 is 5.78 Å². The molecule has 0 aliphatic heterocycles. The smallest absolute Gasteiger partial charge is 0.193 e. The second-order valence-electron chi connectivity index (χ2n) is 8.95. The Labute approximate surface area is 220 Å². The number of aromatic nitrogens is 6. The molecule has 0 atom stereocenters. The third kappa shape index (κ3) is 5.17. The molecule has 6 rings (SSSR count). The van der Waals surface area contributed by atoms with Crippen LogP contribution in [0.1, 0.15) is 27.0 Å². The van der Waals surface area contributed by atoms with Crippen LogP contribution in [0, 0.1) is 0 Å². The molecule has 0 unspecified atom stereocenters. The van der Waals surface area contributed by atoms with Crippen molar-refractivity contribution in [1.82, 2.24) is 29.5 Å². The summed E-state index contributed by atoms with van der Waals surface area (Å²) >= 11 is 0. The van der Waals surface area contributed by atoms with Crippen LogP contribution in [0.25, 0.3) is 22.8 Å². The third-order valence-electron chi connectivity index (χ3n) is 6.26. The molecule has 0 bridgehead atoms. The minimum Gasteiger partial charge on any atom is -0.289 e. The normalized spacial score (nSPS) is 10.9. The Hall–Kier alpha value is -5.17. The zero-order valence-corrected chi connectivity index (χ0v) is 20.6. The first kappa shape index (κ1) is 23.2. The van der Waals surface area contributed by atoms with Crippen LogP contribution >= 0.6 is 0 Å². The lowest BCUT2D eigenvalue weighted by Gasteiger charge is -2.06. The second kappa shape index (κ2) is 10.4. The maximum absolute atomic E-state index is 13.1. The zero-order valence-electron chi connectivity index (χ0n) is 20.6. The van der Waals surface area contributed by atoms with Gasteiger partial charge in [0.05, 0.1) is 24.5 Å². The summed E-state index contributed by atoms with van der Waals surface area (Å²) in [6.45, 7) is 1.23. The quantitative estimate of drug-likeness (QED) is 0.259. The number of rotatable bonds is 8. The molecule has 0 saturated carbocycles. The fourth-order valence-electron chi connectivity index (χ4n) is 4.27. The van der Waals surface area contributed by atoms with E-state index in [4.69, 9.17) is 0 Å². The molecule has 0 spiro atoms. The van der Waals surface area contributed by atoms with E-state index in [0.717, 1.165) is 33.9 Å². The van der Waals surface area contributed by atoms with Crippen molar-refractivity contribution in [2.75, 3.05) is 0 Å². The van der Waals surface area contributed by atoms with Gasteiger partial charge >= 0.3 is 0 Å². The van der Waals surface area contributed by atoms with Crippen molar-refractivity contribution in [3.63, 3.8) is 0 Å². The van der Waals surface area contributed by atoms with Gasteiger partial charge in [0.1, 0.15) is 11.4 Å². The number of benzene rings is 2. The van der Waals surface area contributed by atoms with Crippen molar-refractivity contribution in [2.24, 2.45) is 0 Å². The number of nitrogens with zero attached hydrogens (tertiary/aromatic N) is 6. The van der Waals surface area contributed by atoms with Gasteiger partial charge in [-0.05, 0) is 47.5 Å². The maximum Gasteiger partial charge on any atom is 0.193 e. The Morgan fingerprint density at radius 3 is 1.37 bits per heavy atom. The summed E-state index contributed by atoms with van der Waals surface area (Å²) in [7, 11) is 0. The van der Waals surface area contributed by atoms with Crippen LogP contribution in [0.4, 0.5) is 0 Å². The Morgan fingerprint density at radius 1 is 0.526 bits per heavy atom. The fraction of sp³-hybridized carbons (Fsp3) is 0.0645. The van der Waals surface area contributed by atoms with Gasteiger partial charge in [0, 0.05) is 35.9 Å². The summed E-state index contributed by atoms with van der Waals surface area (Å²) in [5, 5.41) is 9.23. The summed E-state index contributed by atoms with van der Waals surface area (Å²) in [5.41, 5.74) is 6.80. The summed E-state index contributed by atoms with van der Waals surface area (Å²) < 4.78 is 3.75. The average Bonchev–Trinajstić information content (AvgIpc) is 3.65. The van der Waals surface area contributed by atoms with E-state index in [-0.39, 0.29) is 5.78 Å². The van der Waals surface area contributed by atoms with Gasteiger partial charge in [-0.25, -0.2) is 0 Å². The van der Waals surface area contributed by atoms with E-state index in [1.165, 1.54) is 0 Å². The van der Waals surface area contributed by atoms with Crippen LogP contribution in [0.2, 0.25) is 0 Å². The molecule has 2 aromatic carbocycles. The van der Waals surface area contributed by atoms with Gasteiger partial charge in [-0.15, -0.1) is 0 Å². The summed E-state index contributed by atoms with van der Waals surface area (Å²) in [4.78, 5) is 21.8. The Kier molecular flexibility index (Phi) is 6.39. The highest BCUT2D eigenvalue weighted by Gasteiger charge is 2.11. The first-order valence-corrected chi connectivity index (χ1v) is 12.3. The molecule has 184 valence electrons. The van der Waals surface area contributed by atoms with Crippen molar-refractivity contribution < 1.29 is 4.79 Å². The molecular formula is C31H24N6O. The molecule has 0 amide bonds. The standard InChI is InChI=1S/C31H24N6O/c38-31(25-11-7-23(8-12-25)21-36-19-15-29(34-36)27-5-1-3-17-32-27)26-13-9-24(10-14-26)22-37-20-16-30(35-37)28-6-2-4-18-33-28/h1-20H,21-22H2. The topological polar surface area (TPSA) is 78.5 Å². The predicted octanol–water partition coefficient (Wildman–Crippen LogP) is 5.53.